The summed E-state index contributed by atoms with van der Waals surface area (Å²) in [6.45, 7) is 1.88. The molecular weight excluding hydrogens is 456 g/mol. The minimum atomic E-state index is -0.852. The number of Topliss-reactive ketones (excluding diaryl/α,β-unsaturated/α-hetero) is 1. The van der Waals surface area contributed by atoms with Crippen molar-refractivity contribution < 1.29 is 24.2 Å². The van der Waals surface area contributed by atoms with Crippen molar-refractivity contribution in [2.75, 3.05) is 19.1 Å². The van der Waals surface area contributed by atoms with E-state index in [0.717, 1.165) is 22.0 Å². The number of hydrogen-bond acceptors (Lipinski definition) is 5. The number of benzene rings is 3. The lowest BCUT2D eigenvalue weighted by molar-refractivity contribution is -0.132. The Labute approximate surface area is 208 Å². The highest BCUT2D eigenvalue weighted by molar-refractivity contribution is 6.52. The maximum Gasteiger partial charge on any atom is 0.300 e. The van der Waals surface area contributed by atoms with Crippen LogP contribution in [0.1, 0.15) is 22.7 Å². The van der Waals surface area contributed by atoms with Crippen molar-refractivity contribution in [2.45, 2.75) is 13.0 Å². The van der Waals surface area contributed by atoms with Crippen LogP contribution in [0.3, 0.4) is 0 Å². The van der Waals surface area contributed by atoms with Gasteiger partial charge in [0.15, 0.2) is 0 Å². The molecule has 5 rings (SSSR count). The molecule has 7 heteroatoms. The quantitative estimate of drug-likeness (QED) is 0.242. The molecule has 2 heterocycles. The smallest absolute Gasteiger partial charge is 0.300 e. The first-order valence-electron chi connectivity index (χ1n) is 11.5. The third-order valence-corrected chi connectivity index (χ3v) is 6.63. The second kappa shape index (κ2) is 8.92. The number of hydrogen-bond donors (Lipinski definition) is 1. The molecule has 36 heavy (non-hydrogen) atoms. The SMILES string of the molecule is COc1ccc(N2C(=O)C(=O)/C(=C(/O)c3cc(C)ccc3OC)C2c2cn(C)c3ccccc23)cc1. The molecule has 0 radical (unpaired) electrons. The van der Waals surface area contributed by atoms with Crippen LogP contribution in [0.2, 0.25) is 0 Å². The van der Waals surface area contributed by atoms with Crippen molar-refractivity contribution in [3.05, 3.63) is 95.2 Å². The van der Waals surface area contributed by atoms with Crippen LogP contribution in [0.15, 0.2) is 78.5 Å². The van der Waals surface area contributed by atoms with E-state index in [0.29, 0.717) is 22.7 Å². The molecule has 1 saturated heterocycles. The number of ether oxygens (including phenoxy) is 2. The van der Waals surface area contributed by atoms with E-state index in [2.05, 4.69) is 0 Å². The van der Waals surface area contributed by atoms with E-state index in [-0.39, 0.29) is 11.3 Å². The van der Waals surface area contributed by atoms with Gasteiger partial charge < -0.3 is 19.1 Å². The monoisotopic (exact) mass is 482 g/mol. The Hall–Kier alpha value is -4.52. The molecule has 1 amide bonds. The average Bonchev–Trinajstić information content (AvgIpc) is 3.37. The van der Waals surface area contributed by atoms with Gasteiger partial charge in [-0.15, -0.1) is 0 Å². The second-order valence-corrected chi connectivity index (χ2v) is 8.78. The minimum absolute atomic E-state index is 0.0103. The number of carbonyl (C=O) groups excluding carboxylic acids is 2. The van der Waals surface area contributed by atoms with Crippen LogP contribution in [-0.4, -0.2) is 35.6 Å². The molecule has 0 saturated carbocycles. The molecule has 1 unspecified atom stereocenters. The molecular formula is C29H26N2O5. The molecule has 182 valence electrons. The first kappa shape index (κ1) is 23.2. The molecule has 0 bridgehead atoms. The highest BCUT2D eigenvalue weighted by Gasteiger charge is 2.48. The zero-order valence-corrected chi connectivity index (χ0v) is 20.5. The Morgan fingerprint density at radius 1 is 0.944 bits per heavy atom. The normalized spacial score (nSPS) is 17.1. The van der Waals surface area contributed by atoms with Gasteiger partial charge in [0.2, 0.25) is 0 Å². The fraction of sp³-hybridized carbons (Fsp3) is 0.172. The molecule has 3 aromatic carbocycles. The van der Waals surface area contributed by atoms with Crippen LogP contribution in [0.5, 0.6) is 11.5 Å². The number of nitrogens with zero attached hydrogens (tertiary/aromatic N) is 2. The summed E-state index contributed by atoms with van der Waals surface area (Å²) >= 11 is 0. The number of aliphatic hydroxyl groups is 1. The predicted molar refractivity (Wildman–Crippen MR) is 138 cm³/mol. The molecule has 1 aliphatic heterocycles. The van der Waals surface area contributed by atoms with E-state index in [1.165, 1.54) is 12.0 Å². The van der Waals surface area contributed by atoms with Gasteiger partial charge in [-0.3, -0.25) is 14.5 Å². The largest absolute Gasteiger partial charge is 0.507 e. The highest BCUT2D eigenvalue weighted by Crippen LogP contribution is 2.45. The van der Waals surface area contributed by atoms with E-state index in [1.54, 1.807) is 43.5 Å². The van der Waals surface area contributed by atoms with Gasteiger partial charge in [0.25, 0.3) is 11.7 Å². The summed E-state index contributed by atoms with van der Waals surface area (Å²) in [6.07, 6.45) is 1.90. The van der Waals surface area contributed by atoms with Crippen LogP contribution in [0.25, 0.3) is 16.7 Å². The number of para-hydroxylation sites is 1. The third-order valence-electron chi connectivity index (χ3n) is 6.63. The highest BCUT2D eigenvalue weighted by atomic mass is 16.5. The number of aryl methyl sites for hydroxylation is 2. The van der Waals surface area contributed by atoms with E-state index in [4.69, 9.17) is 9.47 Å². The van der Waals surface area contributed by atoms with Gasteiger partial charge in [-0.1, -0.05) is 29.8 Å². The summed E-state index contributed by atoms with van der Waals surface area (Å²) in [5, 5.41) is 12.5. The maximum absolute atomic E-state index is 13.6. The predicted octanol–water partition coefficient (Wildman–Crippen LogP) is 5.13. The van der Waals surface area contributed by atoms with Gasteiger partial charge in [-0.05, 0) is 49.4 Å². The van der Waals surface area contributed by atoms with Crippen molar-refractivity contribution in [3.63, 3.8) is 0 Å². The summed E-state index contributed by atoms with van der Waals surface area (Å²) in [6, 6.07) is 19.2. The van der Waals surface area contributed by atoms with Gasteiger partial charge in [0, 0.05) is 35.4 Å². The lowest BCUT2D eigenvalue weighted by Crippen LogP contribution is -2.29. The number of ketones is 1. The second-order valence-electron chi connectivity index (χ2n) is 8.78. The Morgan fingerprint density at radius 3 is 2.36 bits per heavy atom. The zero-order valence-electron chi connectivity index (χ0n) is 20.5. The van der Waals surface area contributed by atoms with Gasteiger partial charge in [-0.2, -0.15) is 0 Å². The fourth-order valence-corrected chi connectivity index (χ4v) is 4.88. The van der Waals surface area contributed by atoms with Crippen molar-refractivity contribution in [3.8, 4) is 11.5 Å². The van der Waals surface area contributed by atoms with Crippen molar-refractivity contribution in [1.82, 2.24) is 4.57 Å². The molecule has 7 nitrogen and oxygen atoms in total. The Kier molecular flexibility index (Phi) is 5.76. The third kappa shape index (κ3) is 3.60. The van der Waals surface area contributed by atoms with Gasteiger partial charge >= 0.3 is 0 Å². The number of carbonyl (C=O) groups is 2. The number of fused-ring (bicyclic) bond motifs is 1. The lowest BCUT2D eigenvalue weighted by Gasteiger charge is -2.25. The molecule has 1 aliphatic rings. The fourth-order valence-electron chi connectivity index (χ4n) is 4.88. The average molecular weight is 483 g/mol. The van der Waals surface area contributed by atoms with Crippen LogP contribution < -0.4 is 14.4 Å². The Morgan fingerprint density at radius 2 is 1.67 bits per heavy atom. The van der Waals surface area contributed by atoms with E-state index >= 15 is 0 Å². The summed E-state index contributed by atoms with van der Waals surface area (Å²) in [7, 11) is 4.97. The van der Waals surface area contributed by atoms with Gasteiger partial charge in [0.1, 0.15) is 17.3 Å². The Bertz CT molecular complexity index is 1530. The summed E-state index contributed by atoms with van der Waals surface area (Å²) in [5.74, 6) is -0.717. The topological polar surface area (TPSA) is 81.0 Å². The van der Waals surface area contributed by atoms with Crippen molar-refractivity contribution >= 4 is 34.0 Å². The van der Waals surface area contributed by atoms with Gasteiger partial charge in [0.05, 0.1) is 31.4 Å². The maximum atomic E-state index is 13.6. The van der Waals surface area contributed by atoms with Crippen LogP contribution >= 0.6 is 0 Å². The van der Waals surface area contributed by atoms with Crippen molar-refractivity contribution in [2.24, 2.45) is 7.05 Å². The number of anilines is 1. The standard InChI is InChI=1S/C29H26N2O5/c1-17-9-14-24(36-4)21(15-17)27(32)25-26(22-16-30(2)23-8-6-5-7-20(22)23)31(29(34)28(25)33)18-10-12-19(35-3)13-11-18/h5-16,26,32H,1-4H3/b27-25+. The Balaban J connectivity index is 1.81. The molecule has 1 aromatic heterocycles. The van der Waals surface area contributed by atoms with Crippen LogP contribution in [0.4, 0.5) is 5.69 Å². The molecule has 0 spiro atoms. The molecule has 4 aromatic rings. The number of amides is 1. The first-order valence-corrected chi connectivity index (χ1v) is 11.5. The summed E-state index contributed by atoms with van der Waals surface area (Å²) in [4.78, 5) is 28.5. The number of rotatable bonds is 5. The minimum Gasteiger partial charge on any atom is -0.507 e. The lowest BCUT2D eigenvalue weighted by atomic mass is 9.94. The molecule has 1 atom stereocenters. The zero-order chi connectivity index (χ0) is 25.6. The van der Waals surface area contributed by atoms with E-state index in [9.17, 15) is 14.7 Å². The molecule has 0 aliphatic carbocycles. The molecule has 1 N–H and O–H groups in total. The van der Waals surface area contributed by atoms with Crippen molar-refractivity contribution in [1.29, 1.82) is 0 Å². The number of aliphatic hydroxyl groups excluding tert-OH is 1. The van der Waals surface area contributed by atoms with Gasteiger partial charge in [-0.25, -0.2) is 0 Å². The van der Waals surface area contributed by atoms with Crippen LogP contribution in [0, 0.1) is 6.92 Å². The first-order chi connectivity index (χ1) is 17.3. The van der Waals surface area contributed by atoms with E-state index in [1.807, 2.05) is 55.1 Å². The number of aromatic nitrogens is 1. The number of methoxy groups -OCH3 is 2. The summed E-state index contributed by atoms with van der Waals surface area (Å²) in [5.41, 5.74) is 3.44. The molecule has 1 fully saturated rings. The summed E-state index contributed by atoms with van der Waals surface area (Å²) < 4.78 is 12.7. The van der Waals surface area contributed by atoms with E-state index < -0.39 is 17.7 Å². The van der Waals surface area contributed by atoms with Crippen LogP contribution in [-0.2, 0) is 16.6 Å².